The lowest BCUT2D eigenvalue weighted by Crippen LogP contribution is -2.31. The Kier molecular flexibility index (Phi) is 4.42. The number of carbonyl (C=O) groups is 2. The fraction of sp³-hybridized carbons (Fsp3) is 0.500. The molecule has 0 saturated carbocycles. The number of Topliss-reactive ketones (excluding diaryl/α,β-unsaturated/α-hetero) is 1. The van der Waals surface area contributed by atoms with Crippen molar-refractivity contribution in [3.05, 3.63) is 29.3 Å². The highest BCUT2D eigenvalue weighted by Crippen LogP contribution is 2.29. The third kappa shape index (κ3) is 3.00. The number of rotatable bonds is 4. The van der Waals surface area contributed by atoms with E-state index in [0.29, 0.717) is 25.0 Å². The number of esters is 1. The third-order valence-electron chi connectivity index (χ3n) is 3.30. The average molecular weight is 276 g/mol. The Morgan fingerprint density at radius 2 is 2.15 bits per heavy atom. The molecule has 1 aliphatic carbocycles. The summed E-state index contributed by atoms with van der Waals surface area (Å²) in [5, 5.41) is 0. The minimum absolute atomic E-state index is 0.0969. The molecule has 4 nitrogen and oxygen atoms in total. The third-order valence-corrected chi connectivity index (χ3v) is 3.30. The lowest BCUT2D eigenvalue weighted by atomic mass is 9.82. The molecule has 0 aliphatic heterocycles. The van der Waals surface area contributed by atoms with Crippen LogP contribution < -0.4 is 4.74 Å². The average Bonchev–Trinajstić information content (AvgIpc) is 2.38. The molecule has 108 valence electrons. The molecule has 0 bridgehead atoms. The highest BCUT2D eigenvalue weighted by atomic mass is 16.5. The first-order valence-corrected chi connectivity index (χ1v) is 7.03. The molecule has 1 aromatic carbocycles. The molecule has 4 heteroatoms. The lowest BCUT2D eigenvalue weighted by Gasteiger charge is -2.22. The van der Waals surface area contributed by atoms with Gasteiger partial charge in [0.2, 0.25) is 0 Å². The molecule has 0 N–H and O–H groups in total. The van der Waals surface area contributed by atoms with Crippen LogP contribution in [0.3, 0.4) is 0 Å². The summed E-state index contributed by atoms with van der Waals surface area (Å²) in [4.78, 5) is 24.1. The first-order chi connectivity index (χ1) is 9.52. The zero-order valence-corrected chi connectivity index (χ0v) is 12.1. The van der Waals surface area contributed by atoms with E-state index in [-0.39, 0.29) is 11.9 Å². The van der Waals surface area contributed by atoms with E-state index in [9.17, 15) is 9.59 Å². The van der Waals surface area contributed by atoms with E-state index >= 15 is 0 Å². The Morgan fingerprint density at radius 1 is 1.40 bits per heavy atom. The molecule has 20 heavy (non-hydrogen) atoms. The Balaban J connectivity index is 2.21. The van der Waals surface area contributed by atoms with Crippen molar-refractivity contribution in [1.82, 2.24) is 0 Å². The number of hydrogen-bond donors (Lipinski definition) is 0. The summed E-state index contributed by atoms with van der Waals surface area (Å²) in [7, 11) is 0. The van der Waals surface area contributed by atoms with Crippen LogP contribution in [0.1, 0.15) is 43.1 Å². The minimum atomic E-state index is -0.653. The molecule has 0 fully saturated rings. The van der Waals surface area contributed by atoms with Crippen LogP contribution in [-0.4, -0.2) is 24.5 Å². The van der Waals surface area contributed by atoms with Crippen LogP contribution in [0, 0.1) is 5.92 Å². The van der Waals surface area contributed by atoms with E-state index < -0.39 is 11.9 Å². The zero-order chi connectivity index (χ0) is 14.7. The second-order valence-electron chi connectivity index (χ2n) is 5.19. The Hall–Kier alpha value is -1.84. The summed E-state index contributed by atoms with van der Waals surface area (Å²) in [5.41, 5.74) is 1.57. The molecule has 1 atom stereocenters. The number of ether oxygens (including phenoxy) is 2. The molecule has 0 aromatic heterocycles. The van der Waals surface area contributed by atoms with Crippen molar-refractivity contribution in [3.63, 3.8) is 0 Å². The van der Waals surface area contributed by atoms with Crippen molar-refractivity contribution in [2.24, 2.45) is 5.92 Å². The van der Waals surface area contributed by atoms with E-state index in [1.807, 2.05) is 19.9 Å². The molecule has 1 aromatic rings. The van der Waals surface area contributed by atoms with Gasteiger partial charge in [-0.05, 0) is 57.4 Å². The predicted octanol–water partition coefficient (Wildman–Crippen LogP) is 2.78. The monoisotopic (exact) mass is 276 g/mol. The number of carbonyl (C=O) groups excluding carboxylic acids is 2. The SMILES string of the molecule is CCOC(=O)C1CCc2cc(OC(C)C)ccc2C1=O. The van der Waals surface area contributed by atoms with Crippen molar-refractivity contribution in [2.45, 2.75) is 39.7 Å². The topological polar surface area (TPSA) is 52.6 Å². The van der Waals surface area contributed by atoms with Crippen LogP contribution in [0.25, 0.3) is 0 Å². The second-order valence-corrected chi connectivity index (χ2v) is 5.19. The normalized spacial score (nSPS) is 17.8. The van der Waals surface area contributed by atoms with Gasteiger partial charge in [0.15, 0.2) is 5.78 Å². The molecular formula is C16H20O4. The molecule has 0 saturated heterocycles. The maximum atomic E-state index is 12.3. The van der Waals surface area contributed by atoms with E-state index in [2.05, 4.69) is 0 Å². The maximum absolute atomic E-state index is 12.3. The summed E-state index contributed by atoms with van der Waals surface area (Å²) < 4.78 is 10.6. The summed E-state index contributed by atoms with van der Waals surface area (Å²) in [5.74, 6) is -0.438. The van der Waals surface area contributed by atoms with Crippen molar-refractivity contribution < 1.29 is 19.1 Å². The zero-order valence-electron chi connectivity index (χ0n) is 12.1. The quantitative estimate of drug-likeness (QED) is 0.627. The Bertz CT molecular complexity index is 519. The smallest absolute Gasteiger partial charge is 0.316 e. The molecule has 1 aliphatic rings. The molecular weight excluding hydrogens is 256 g/mol. The van der Waals surface area contributed by atoms with Gasteiger partial charge in [0.1, 0.15) is 11.7 Å². The summed E-state index contributed by atoms with van der Waals surface area (Å²) >= 11 is 0. The summed E-state index contributed by atoms with van der Waals surface area (Å²) in [6.45, 7) is 5.97. The summed E-state index contributed by atoms with van der Waals surface area (Å²) in [6.07, 6.45) is 1.30. The molecule has 0 radical (unpaired) electrons. The first kappa shape index (κ1) is 14.6. The molecule has 2 rings (SSSR count). The molecule has 1 unspecified atom stereocenters. The van der Waals surface area contributed by atoms with Crippen molar-refractivity contribution in [1.29, 1.82) is 0 Å². The van der Waals surface area contributed by atoms with Gasteiger partial charge in [-0.3, -0.25) is 9.59 Å². The fourth-order valence-corrected chi connectivity index (χ4v) is 2.45. The Morgan fingerprint density at radius 3 is 2.80 bits per heavy atom. The summed E-state index contributed by atoms with van der Waals surface area (Å²) in [6, 6.07) is 5.43. The molecule has 0 spiro atoms. The van der Waals surface area contributed by atoms with Gasteiger partial charge in [0.25, 0.3) is 0 Å². The van der Waals surface area contributed by atoms with Crippen molar-refractivity contribution in [2.75, 3.05) is 6.61 Å². The van der Waals surface area contributed by atoms with Gasteiger partial charge in [0.05, 0.1) is 12.7 Å². The van der Waals surface area contributed by atoms with Crippen LogP contribution in [0.15, 0.2) is 18.2 Å². The van der Waals surface area contributed by atoms with E-state index in [0.717, 1.165) is 11.3 Å². The lowest BCUT2D eigenvalue weighted by molar-refractivity contribution is -0.146. The van der Waals surface area contributed by atoms with Crippen molar-refractivity contribution in [3.8, 4) is 5.75 Å². The van der Waals surface area contributed by atoms with Crippen LogP contribution >= 0.6 is 0 Å². The number of aryl methyl sites for hydroxylation is 1. The standard InChI is InChI=1S/C16H20O4/c1-4-19-16(18)14-7-5-11-9-12(20-10(2)3)6-8-13(11)15(14)17/h6,8-10,14H,4-5,7H2,1-3H3. The van der Waals surface area contributed by atoms with Gasteiger partial charge in [-0.1, -0.05) is 0 Å². The molecule has 0 amide bonds. The number of ketones is 1. The van der Waals surface area contributed by atoms with Gasteiger partial charge in [-0.2, -0.15) is 0 Å². The molecule has 0 heterocycles. The van der Waals surface area contributed by atoms with Crippen LogP contribution in [0.4, 0.5) is 0 Å². The van der Waals surface area contributed by atoms with E-state index in [4.69, 9.17) is 9.47 Å². The minimum Gasteiger partial charge on any atom is -0.491 e. The highest BCUT2D eigenvalue weighted by molar-refractivity contribution is 6.10. The van der Waals surface area contributed by atoms with Gasteiger partial charge in [-0.15, -0.1) is 0 Å². The number of hydrogen-bond acceptors (Lipinski definition) is 4. The van der Waals surface area contributed by atoms with Gasteiger partial charge >= 0.3 is 5.97 Å². The van der Waals surface area contributed by atoms with E-state index in [1.165, 1.54) is 0 Å². The van der Waals surface area contributed by atoms with Crippen LogP contribution in [0.2, 0.25) is 0 Å². The number of benzene rings is 1. The van der Waals surface area contributed by atoms with Gasteiger partial charge in [0, 0.05) is 5.56 Å². The fourth-order valence-electron chi connectivity index (χ4n) is 2.45. The number of fused-ring (bicyclic) bond motifs is 1. The largest absolute Gasteiger partial charge is 0.491 e. The van der Waals surface area contributed by atoms with Gasteiger partial charge in [-0.25, -0.2) is 0 Å². The maximum Gasteiger partial charge on any atom is 0.316 e. The van der Waals surface area contributed by atoms with Crippen LogP contribution in [0.5, 0.6) is 5.75 Å². The first-order valence-electron chi connectivity index (χ1n) is 7.03. The predicted molar refractivity (Wildman–Crippen MR) is 75.0 cm³/mol. The van der Waals surface area contributed by atoms with Crippen molar-refractivity contribution >= 4 is 11.8 Å². The van der Waals surface area contributed by atoms with Crippen LogP contribution in [-0.2, 0) is 16.0 Å². The highest BCUT2D eigenvalue weighted by Gasteiger charge is 2.33. The second kappa shape index (κ2) is 6.07. The van der Waals surface area contributed by atoms with Gasteiger partial charge < -0.3 is 9.47 Å². The van der Waals surface area contributed by atoms with E-state index in [1.54, 1.807) is 19.1 Å². The Labute approximate surface area is 119 Å².